The second-order valence-corrected chi connectivity index (χ2v) is 11.7. The molecule has 2 aliphatic carbocycles. The number of amides is 2. The molecule has 0 aromatic heterocycles. The predicted octanol–water partition coefficient (Wildman–Crippen LogP) is -1.33. The van der Waals surface area contributed by atoms with Crippen molar-refractivity contribution in [1.29, 1.82) is 0 Å². The van der Waals surface area contributed by atoms with Crippen LogP contribution >= 0.6 is 23.5 Å². The molecule has 2 amide bonds. The van der Waals surface area contributed by atoms with Gasteiger partial charge in [-0.3, -0.25) is 14.4 Å². The lowest BCUT2D eigenvalue weighted by Gasteiger charge is -2.40. The standard InChI is InChI=1S/C22H38N2O9S2/c23-21(32)13(7-17(28)29)24-22(33)12-6-14(25)18(30)19(31)20(12)35-10-16(27)15(26)9-34-8-11-4-2-1-3-5-11/h11-16,18-20,25-27,30-31H,1-10H2,(H2,23,32)(H,24,33)(H,28,29)/t12-,13-,14+,15+,16+,18-,19-,20-/m0/s1. The molecule has 0 radical (unpaired) electrons. The Morgan fingerprint density at radius 2 is 1.60 bits per heavy atom. The number of nitrogens with one attached hydrogen (secondary N) is 1. The van der Waals surface area contributed by atoms with Crippen LogP contribution in [0.3, 0.4) is 0 Å². The van der Waals surface area contributed by atoms with Gasteiger partial charge in [-0.05, 0) is 30.9 Å². The number of hydrogen-bond donors (Lipinski definition) is 8. The summed E-state index contributed by atoms with van der Waals surface area (Å²) in [4.78, 5) is 35.3. The molecule has 13 heteroatoms. The minimum absolute atomic E-state index is 0.0478. The summed E-state index contributed by atoms with van der Waals surface area (Å²) in [6.07, 6.45) is -1.56. The molecule has 0 unspecified atom stereocenters. The Kier molecular flexibility index (Phi) is 12.6. The van der Waals surface area contributed by atoms with Crippen LogP contribution in [0.1, 0.15) is 44.9 Å². The Bertz CT molecular complexity index is 710. The van der Waals surface area contributed by atoms with E-state index in [2.05, 4.69) is 5.32 Å². The maximum atomic E-state index is 12.8. The summed E-state index contributed by atoms with van der Waals surface area (Å²) >= 11 is 2.54. The van der Waals surface area contributed by atoms with Crippen molar-refractivity contribution in [3.63, 3.8) is 0 Å². The van der Waals surface area contributed by atoms with Crippen LogP contribution < -0.4 is 11.1 Å². The van der Waals surface area contributed by atoms with Crippen LogP contribution in [0.2, 0.25) is 0 Å². The normalized spacial score (nSPS) is 30.3. The molecule has 202 valence electrons. The third kappa shape index (κ3) is 9.38. The van der Waals surface area contributed by atoms with Crippen LogP contribution in [0.4, 0.5) is 0 Å². The van der Waals surface area contributed by atoms with E-state index in [0.717, 1.165) is 17.5 Å². The lowest BCUT2D eigenvalue weighted by atomic mass is 9.82. The SMILES string of the molecule is NC(=O)[C@H](CC(=O)O)NC(=O)[C@H]1C[C@@H](O)[C@H](O)[C@H](O)[C@H]1SC[C@@H](O)[C@H](O)CSCC1CCCCC1. The maximum Gasteiger partial charge on any atom is 0.305 e. The van der Waals surface area contributed by atoms with E-state index < -0.39 is 71.9 Å². The number of aliphatic hydroxyl groups excluding tert-OH is 5. The zero-order valence-corrected chi connectivity index (χ0v) is 21.2. The van der Waals surface area contributed by atoms with Crippen molar-refractivity contribution < 1.29 is 45.0 Å². The topological polar surface area (TPSA) is 211 Å². The first-order chi connectivity index (χ1) is 16.5. The Morgan fingerprint density at radius 3 is 2.20 bits per heavy atom. The molecule has 2 aliphatic rings. The van der Waals surface area contributed by atoms with Gasteiger partial charge in [0.05, 0.1) is 36.8 Å². The molecule has 0 bridgehead atoms. The molecule has 0 spiro atoms. The molecule has 9 N–H and O–H groups in total. The van der Waals surface area contributed by atoms with Gasteiger partial charge in [0.25, 0.3) is 0 Å². The summed E-state index contributed by atoms with van der Waals surface area (Å²) < 4.78 is 0. The smallest absolute Gasteiger partial charge is 0.305 e. The quantitative estimate of drug-likeness (QED) is 0.138. The molecule has 0 aromatic rings. The minimum Gasteiger partial charge on any atom is -0.481 e. The van der Waals surface area contributed by atoms with E-state index >= 15 is 0 Å². The number of carbonyl (C=O) groups excluding carboxylic acids is 2. The molecule has 8 atom stereocenters. The van der Waals surface area contributed by atoms with Gasteiger partial charge in [-0.2, -0.15) is 23.5 Å². The Balaban J connectivity index is 1.94. The Labute approximate surface area is 213 Å². The van der Waals surface area contributed by atoms with Crippen molar-refractivity contribution in [2.45, 2.75) is 86.8 Å². The van der Waals surface area contributed by atoms with E-state index in [4.69, 9.17) is 10.8 Å². The van der Waals surface area contributed by atoms with Crippen molar-refractivity contribution in [1.82, 2.24) is 5.32 Å². The summed E-state index contributed by atoms with van der Waals surface area (Å²) in [5.74, 6) is -2.47. The Hall–Kier alpha value is -1.09. The largest absolute Gasteiger partial charge is 0.481 e. The fourth-order valence-electron chi connectivity index (χ4n) is 4.48. The fourth-order valence-corrected chi connectivity index (χ4v) is 7.22. The molecule has 35 heavy (non-hydrogen) atoms. The molecule has 0 heterocycles. The van der Waals surface area contributed by atoms with E-state index in [9.17, 15) is 39.9 Å². The van der Waals surface area contributed by atoms with Crippen molar-refractivity contribution in [2.75, 3.05) is 17.3 Å². The van der Waals surface area contributed by atoms with Crippen LogP contribution in [-0.4, -0.2) is 107 Å². The third-order valence-corrected chi connectivity index (χ3v) is 9.43. The van der Waals surface area contributed by atoms with E-state index in [0.29, 0.717) is 11.7 Å². The van der Waals surface area contributed by atoms with Crippen molar-refractivity contribution >= 4 is 41.3 Å². The van der Waals surface area contributed by atoms with Crippen LogP contribution in [0.15, 0.2) is 0 Å². The van der Waals surface area contributed by atoms with E-state index in [1.165, 1.54) is 32.1 Å². The highest BCUT2D eigenvalue weighted by Gasteiger charge is 2.46. The lowest BCUT2D eigenvalue weighted by molar-refractivity contribution is -0.142. The molecular formula is C22H38N2O9S2. The first-order valence-corrected chi connectivity index (χ1v) is 14.1. The highest BCUT2D eigenvalue weighted by atomic mass is 32.2. The summed E-state index contributed by atoms with van der Waals surface area (Å²) in [6, 6.07) is -1.49. The Morgan fingerprint density at radius 1 is 0.971 bits per heavy atom. The average Bonchev–Trinajstić information content (AvgIpc) is 2.81. The van der Waals surface area contributed by atoms with Crippen LogP contribution in [0.5, 0.6) is 0 Å². The number of aliphatic hydroxyl groups is 5. The third-order valence-electron chi connectivity index (χ3n) is 6.62. The highest BCUT2D eigenvalue weighted by Crippen LogP contribution is 2.35. The number of thioether (sulfide) groups is 2. The maximum absolute atomic E-state index is 12.8. The molecule has 0 saturated heterocycles. The van der Waals surface area contributed by atoms with E-state index in [-0.39, 0.29) is 12.2 Å². The molecule has 2 fully saturated rings. The minimum atomic E-state index is -1.53. The number of rotatable bonds is 13. The van der Waals surface area contributed by atoms with E-state index in [1.54, 1.807) is 11.8 Å². The van der Waals surface area contributed by atoms with E-state index in [1.807, 2.05) is 0 Å². The molecule has 11 nitrogen and oxygen atoms in total. The van der Waals surface area contributed by atoms with Gasteiger partial charge < -0.3 is 41.7 Å². The van der Waals surface area contributed by atoms with Gasteiger partial charge in [-0.25, -0.2) is 0 Å². The molecule has 2 rings (SSSR count). The van der Waals surface area contributed by atoms with Crippen molar-refractivity contribution in [2.24, 2.45) is 17.6 Å². The molecule has 0 aromatic carbocycles. The first-order valence-electron chi connectivity index (χ1n) is 11.9. The number of carbonyl (C=O) groups is 3. The fraction of sp³-hybridized carbons (Fsp3) is 0.864. The number of aliphatic carboxylic acids is 1. The number of hydrogen-bond acceptors (Lipinski definition) is 10. The van der Waals surface area contributed by atoms with Crippen LogP contribution in [-0.2, 0) is 14.4 Å². The predicted molar refractivity (Wildman–Crippen MR) is 132 cm³/mol. The summed E-state index contributed by atoms with van der Waals surface area (Å²) in [6.45, 7) is 0. The second-order valence-electron chi connectivity index (χ2n) is 9.43. The molecular weight excluding hydrogens is 500 g/mol. The van der Waals surface area contributed by atoms with Gasteiger partial charge in [0.1, 0.15) is 12.1 Å². The molecule has 2 saturated carbocycles. The van der Waals surface area contributed by atoms with Gasteiger partial charge in [-0.15, -0.1) is 0 Å². The highest BCUT2D eigenvalue weighted by molar-refractivity contribution is 8.00. The summed E-state index contributed by atoms with van der Waals surface area (Å²) in [5, 5.41) is 61.7. The average molecular weight is 539 g/mol. The number of carboxylic acid groups (broad SMARTS) is 1. The first kappa shape index (κ1) is 30.1. The van der Waals surface area contributed by atoms with Gasteiger partial charge in [0.15, 0.2) is 0 Å². The number of carboxylic acids is 1. The van der Waals surface area contributed by atoms with Gasteiger partial charge in [0.2, 0.25) is 11.8 Å². The van der Waals surface area contributed by atoms with Gasteiger partial charge in [-0.1, -0.05) is 19.3 Å². The zero-order chi connectivity index (χ0) is 26.1. The number of nitrogens with two attached hydrogens (primary N) is 1. The van der Waals surface area contributed by atoms with Crippen molar-refractivity contribution in [3.05, 3.63) is 0 Å². The van der Waals surface area contributed by atoms with Crippen LogP contribution in [0.25, 0.3) is 0 Å². The monoisotopic (exact) mass is 538 g/mol. The van der Waals surface area contributed by atoms with Crippen molar-refractivity contribution in [3.8, 4) is 0 Å². The lowest BCUT2D eigenvalue weighted by Crippen LogP contribution is -2.58. The summed E-state index contributed by atoms with van der Waals surface area (Å²) in [7, 11) is 0. The summed E-state index contributed by atoms with van der Waals surface area (Å²) in [5.41, 5.74) is 5.17. The van der Waals surface area contributed by atoms with Crippen LogP contribution in [0, 0.1) is 11.8 Å². The van der Waals surface area contributed by atoms with Gasteiger partial charge >= 0.3 is 5.97 Å². The second kappa shape index (κ2) is 14.6. The van der Waals surface area contributed by atoms with Gasteiger partial charge in [0, 0.05) is 16.8 Å². The number of primary amides is 1. The zero-order valence-electron chi connectivity index (χ0n) is 19.6. The molecule has 0 aliphatic heterocycles.